The van der Waals surface area contributed by atoms with Crippen molar-refractivity contribution in [3.8, 4) is 12.3 Å². The highest BCUT2D eigenvalue weighted by atomic mass is 14.1. The van der Waals surface area contributed by atoms with E-state index >= 15 is 0 Å². The van der Waals surface area contributed by atoms with Crippen molar-refractivity contribution < 1.29 is 0 Å². The summed E-state index contributed by atoms with van der Waals surface area (Å²) < 4.78 is 0. The maximum atomic E-state index is 5.23. The van der Waals surface area contributed by atoms with Gasteiger partial charge < -0.3 is 0 Å². The van der Waals surface area contributed by atoms with E-state index in [9.17, 15) is 0 Å². The predicted molar refractivity (Wildman–Crippen MR) is 42.0 cm³/mol. The van der Waals surface area contributed by atoms with Crippen LogP contribution in [-0.4, -0.2) is 0 Å². The second-order valence-electron chi connectivity index (χ2n) is 2.26. The SMILES string of the molecule is C#CC(C)C(C=C)CC. The Balaban J connectivity index is 3.82. The van der Waals surface area contributed by atoms with Crippen molar-refractivity contribution in [2.75, 3.05) is 0 Å². The van der Waals surface area contributed by atoms with Gasteiger partial charge in [-0.25, -0.2) is 0 Å². The standard InChI is InChI=1S/C9H14/c1-5-8(4)9(6-2)7-3/h1,6,8-9H,2,7H2,3-4H3. The average Bonchev–Trinajstić information content (AvgIpc) is 1.90. The summed E-state index contributed by atoms with van der Waals surface area (Å²) >= 11 is 0. The van der Waals surface area contributed by atoms with Gasteiger partial charge in [-0.1, -0.05) is 19.9 Å². The van der Waals surface area contributed by atoms with Gasteiger partial charge in [-0.15, -0.1) is 18.9 Å². The Hall–Kier alpha value is -0.700. The molecule has 0 radical (unpaired) electrons. The lowest BCUT2D eigenvalue weighted by molar-refractivity contribution is 0.513. The maximum absolute atomic E-state index is 5.23. The molecule has 0 aliphatic heterocycles. The fourth-order valence-electron chi connectivity index (χ4n) is 0.848. The Kier molecular flexibility index (Phi) is 3.88. The van der Waals surface area contributed by atoms with E-state index in [0.29, 0.717) is 11.8 Å². The van der Waals surface area contributed by atoms with E-state index in [1.165, 1.54) is 0 Å². The Morgan fingerprint density at radius 1 is 1.78 bits per heavy atom. The van der Waals surface area contributed by atoms with E-state index in [2.05, 4.69) is 26.3 Å². The molecule has 0 saturated heterocycles. The van der Waals surface area contributed by atoms with Gasteiger partial charge in [-0.05, 0) is 12.3 Å². The molecule has 0 fully saturated rings. The lowest BCUT2D eigenvalue weighted by Gasteiger charge is -2.11. The summed E-state index contributed by atoms with van der Waals surface area (Å²) in [5, 5.41) is 0. The second-order valence-corrected chi connectivity index (χ2v) is 2.26. The molecular weight excluding hydrogens is 108 g/mol. The monoisotopic (exact) mass is 122 g/mol. The lowest BCUT2D eigenvalue weighted by Crippen LogP contribution is -2.04. The molecule has 0 nitrogen and oxygen atoms in total. The first-order valence-corrected chi connectivity index (χ1v) is 3.34. The summed E-state index contributed by atoms with van der Waals surface area (Å²) in [6, 6.07) is 0. The zero-order valence-corrected chi connectivity index (χ0v) is 6.22. The van der Waals surface area contributed by atoms with Crippen LogP contribution >= 0.6 is 0 Å². The van der Waals surface area contributed by atoms with Crippen molar-refractivity contribution in [3.63, 3.8) is 0 Å². The summed E-state index contributed by atoms with van der Waals surface area (Å²) in [7, 11) is 0. The van der Waals surface area contributed by atoms with E-state index in [1.54, 1.807) is 0 Å². The van der Waals surface area contributed by atoms with Crippen LogP contribution in [0.1, 0.15) is 20.3 Å². The molecular formula is C9H14. The van der Waals surface area contributed by atoms with Crippen molar-refractivity contribution in [2.24, 2.45) is 11.8 Å². The molecule has 0 aliphatic carbocycles. The van der Waals surface area contributed by atoms with Crippen LogP contribution in [0.4, 0.5) is 0 Å². The van der Waals surface area contributed by atoms with Crippen LogP contribution in [0.2, 0.25) is 0 Å². The van der Waals surface area contributed by atoms with Gasteiger partial charge in [-0.2, -0.15) is 0 Å². The maximum Gasteiger partial charge on any atom is 0.0234 e. The first kappa shape index (κ1) is 8.30. The normalized spacial score (nSPS) is 15.7. The molecule has 0 heteroatoms. The number of hydrogen-bond acceptors (Lipinski definition) is 0. The van der Waals surface area contributed by atoms with Crippen LogP contribution < -0.4 is 0 Å². The Labute approximate surface area is 58.0 Å². The van der Waals surface area contributed by atoms with Gasteiger partial charge in [0.25, 0.3) is 0 Å². The predicted octanol–water partition coefficient (Wildman–Crippen LogP) is 2.47. The molecule has 0 heterocycles. The summed E-state index contributed by atoms with van der Waals surface area (Å²) in [5.41, 5.74) is 0. The highest BCUT2D eigenvalue weighted by molar-refractivity contribution is 4.98. The van der Waals surface area contributed by atoms with E-state index < -0.39 is 0 Å². The van der Waals surface area contributed by atoms with Crippen molar-refractivity contribution in [3.05, 3.63) is 12.7 Å². The van der Waals surface area contributed by atoms with Crippen molar-refractivity contribution in [2.45, 2.75) is 20.3 Å². The molecule has 0 N–H and O–H groups in total. The molecule has 0 spiro atoms. The summed E-state index contributed by atoms with van der Waals surface area (Å²) in [4.78, 5) is 0. The molecule has 0 aromatic heterocycles. The van der Waals surface area contributed by atoms with E-state index in [-0.39, 0.29) is 0 Å². The second kappa shape index (κ2) is 4.21. The first-order valence-electron chi connectivity index (χ1n) is 3.34. The first-order chi connectivity index (χ1) is 4.26. The van der Waals surface area contributed by atoms with Gasteiger partial charge in [-0.3, -0.25) is 0 Å². The van der Waals surface area contributed by atoms with Crippen molar-refractivity contribution >= 4 is 0 Å². The Morgan fingerprint density at radius 2 is 2.33 bits per heavy atom. The summed E-state index contributed by atoms with van der Waals surface area (Å²) in [6.45, 7) is 7.88. The van der Waals surface area contributed by atoms with Gasteiger partial charge in [0.1, 0.15) is 0 Å². The molecule has 0 saturated carbocycles. The zero-order valence-electron chi connectivity index (χ0n) is 6.22. The van der Waals surface area contributed by atoms with Gasteiger partial charge in [0.2, 0.25) is 0 Å². The summed E-state index contributed by atoms with van der Waals surface area (Å²) in [6.07, 6.45) is 8.25. The third-order valence-corrected chi connectivity index (χ3v) is 1.68. The molecule has 0 aliphatic rings. The third kappa shape index (κ3) is 2.37. The molecule has 0 bridgehead atoms. The van der Waals surface area contributed by atoms with Crippen LogP contribution in [0.5, 0.6) is 0 Å². The molecule has 2 atom stereocenters. The van der Waals surface area contributed by atoms with Crippen molar-refractivity contribution in [1.29, 1.82) is 0 Å². The smallest absolute Gasteiger partial charge is 0.0234 e. The molecule has 2 unspecified atom stereocenters. The molecule has 0 aromatic carbocycles. The Bertz CT molecular complexity index is 116. The van der Waals surface area contributed by atoms with E-state index in [1.807, 2.05) is 6.08 Å². The molecule has 0 rings (SSSR count). The number of hydrogen-bond donors (Lipinski definition) is 0. The van der Waals surface area contributed by atoms with E-state index in [4.69, 9.17) is 6.42 Å². The minimum absolute atomic E-state index is 0.340. The molecule has 9 heavy (non-hydrogen) atoms. The topological polar surface area (TPSA) is 0 Å². The fraction of sp³-hybridized carbons (Fsp3) is 0.556. The highest BCUT2D eigenvalue weighted by Gasteiger charge is 2.06. The highest BCUT2D eigenvalue weighted by Crippen LogP contribution is 2.14. The Morgan fingerprint density at radius 3 is 2.44 bits per heavy atom. The van der Waals surface area contributed by atoms with Crippen LogP contribution in [-0.2, 0) is 0 Å². The van der Waals surface area contributed by atoms with Crippen LogP contribution in [0.3, 0.4) is 0 Å². The number of rotatable bonds is 3. The van der Waals surface area contributed by atoms with Crippen LogP contribution in [0.25, 0.3) is 0 Å². The number of terminal acetylenes is 1. The van der Waals surface area contributed by atoms with Crippen LogP contribution in [0.15, 0.2) is 12.7 Å². The van der Waals surface area contributed by atoms with E-state index in [0.717, 1.165) is 6.42 Å². The summed E-state index contributed by atoms with van der Waals surface area (Å²) in [5.74, 6) is 3.53. The average molecular weight is 122 g/mol. The third-order valence-electron chi connectivity index (χ3n) is 1.68. The number of allylic oxidation sites excluding steroid dienone is 1. The van der Waals surface area contributed by atoms with Gasteiger partial charge in [0, 0.05) is 5.92 Å². The minimum atomic E-state index is 0.340. The lowest BCUT2D eigenvalue weighted by atomic mass is 9.93. The van der Waals surface area contributed by atoms with Crippen LogP contribution in [0, 0.1) is 24.2 Å². The van der Waals surface area contributed by atoms with Gasteiger partial charge in [0.15, 0.2) is 0 Å². The fourth-order valence-corrected chi connectivity index (χ4v) is 0.848. The largest absolute Gasteiger partial charge is 0.120 e. The molecule has 0 aromatic rings. The van der Waals surface area contributed by atoms with Gasteiger partial charge >= 0.3 is 0 Å². The van der Waals surface area contributed by atoms with Gasteiger partial charge in [0.05, 0.1) is 0 Å². The molecule has 0 amide bonds. The minimum Gasteiger partial charge on any atom is -0.120 e. The quantitative estimate of drug-likeness (QED) is 0.398. The zero-order chi connectivity index (χ0) is 7.28. The molecule has 50 valence electrons. The van der Waals surface area contributed by atoms with Crippen molar-refractivity contribution in [1.82, 2.24) is 0 Å².